The van der Waals surface area contributed by atoms with Crippen LogP contribution in [-0.2, 0) is 0 Å². The molecule has 1 saturated heterocycles. The van der Waals surface area contributed by atoms with Gasteiger partial charge in [-0.2, -0.15) is 0 Å². The number of carbonyl (C=O) groups is 1. The smallest absolute Gasteiger partial charge is 0.291 e. The molecule has 2 heterocycles. The minimum absolute atomic E-state index is 0.155. The lowest BCUT2D eigenvalue weighted by molar-refractivity contribution is 0.0360. The van der Waals surface area contributed by atoms with Crippen LogP contribution in [0.4, 0.5) is 5.82 Å². The number of likely N-dealkylation sites (N-methyl/N-ethyl adjacent to an activating group) is 1. The molecule has 1 aliphatic heterocycles. The summed E-state index contributed by atoms with van der Waals surface area (Å²) in [7, 11) is 5.80. The molecule has 8 nitrogen and oxygen atoms in total. The summed E-state index contributed by atoms with van der Waals surface area (Å²) in [5, 5.41) is 19.0. The Morgan fingerprint density at radius 2 is 1.85 bits per heavy atom. The maximum Gasteiger partial charge on any atom is 0.291 e. The number of aromatic nitrogens is 2. The molecule has 0 radical (unpaired) electrons. The van der Waals surface area contributed by atoms with Crippen molar-refractivity contribution in [2.24, 2.45) is 5.41 Å². The Morgan fingerprint density at radius 3 is 2.37 bits per heavy atom. The van der Waals surface area contributed by atoms with Gasteiger partial charge in [0.1, 0.15) is 5.82 Å². The molecule has 1 aromatic rings. The summed E-state index contributed by atoms with van der Waals surface area (Å²) in [6, 6.07) is 0.469. The molecule has 152 valence electrons. The van der Waals surface area contributed by atoms with Gasteiger partial charge in [-0.3, -0.25) is 4.79 Å². The number of nitrogens with zero attached hydrogens (tertiary/aromatic N) is 5. The van der Waals surface area contributed by atoms with E-state index in [2.05, 4.69) is 33.9 Å². The van der Waals surface area contributed by atoms with Gasteiger partial charge in [0.2, 0.25) is 5.82 Å². The Morgan fingerprint density at radius 1 is 1.22 bits per heavy atom. The lowest BCUT2D eigenvalue weighted by Gasteiger charge is -2.30. The van der Waals surface area contributed by atoms with Crippen LogP contribution in [0.25, 0.3) is 0 Å². The highest BCUT2D eigenvalue weighted by Gasteiger charge is 2.30. The number of hydrogen-bond acceptors (Lipinski definition) is 7. The van der Waals surface area contributed by atoms with Crippen molar-refractivity contribution in [1.82, 2.24) is 19.8 Å². The Labute approximate surface area is 161 Å². The second kappa shape index (κ2) is 8.50. The summed E-state index contributed by atoms with van der Waals surface area (Å²) in [4.78, 5) is 27.8. The van der Waals surface area contributed by atoms with Crippen LogP contribution in [0.3, 0.4) is 0 Å². The molecule has 1 aromatic heterocycles. The minimum Gasteiger partial charge on any atom is -0.396 e. The van der Waals surface area contributed by atoms with Crippen LogP contribution in [0.15, 0.2) is 0 Å². The van der Waals surface area contributed by atoms with Crippen LogP contribution in [0, 0.1) is 19.3 Å². The topological polar surface area (TPSA) is 93.0 Å². The number of hydrogen-bond donors (Lipinski definition) is 2. The van der Waals surface area contributed by atoms with E-state index in [9.17, 15) is 15.0 Å². The van der Waals surface area contributed by atoms with Gasteiger partial charge in [0.25, 0.3) is 5.91 Å². The first-order valence-corrected chi connectivity index (χ1v) is 9.35. The molecule has 8 heteroatoms. The average molecular weight is 380 g/mol. The van der Waals surface area contributed by atoms with E-state index in [1.807, 2.05) is 13.8 Å². The van der Waals surface area contributed by atoms with Crippen molar-refractivity contribution >= 4 is 11.7 Å². The molecule has 27 heavy (non-hydrogen) atoms. The summed E-state index contributed by atoms with van der Waals surface area (Å²) in [5.41, 5.74) is 1.02. The quantitative estimate of drug-likeness (QED) is 0.704. The summed E-state index contributed by atoms with van der Waals surface area (Å²) in [5.74, 6) is 0.661. The number of rotatable bonds is 7. The zero-order valence-electron chi connectivity index (χ0n) is 17.4. The molecule has 1 aliphatic rings. The largest absolute Gasteiger partial charge is 0.396 e. The van der Waals surface area contributed by atoms with Crippen molar-refractivity contribution in [3.63, 3.8) is 0 Å². The van der Waals surface area contributed by atoms with Gasteiger partial charge in [0, 0.05) is 49.4 Å². The van der Waals surface area contributed by atoms with Gasteiger partial charge in [-0.15, -0.1) is 0 Å². The zero-order chi connectivity index (χ0) is 20.4. The van der Waals surface area contributed by atoms with Crippen molar-refractivity contribution in [3.8, 4) is 0 Å². The van der Waals surface area contributed by atoms with E-state index in [1.165, 1.54) is 4.90 Å². The SMILES string of the molecule is Cc1nc(C(=O)N(C)CC(C)(CO)CO)nc(N2CC[C@@H](N(C)C)C2)c1C. The standard InChI is InChI=1S/C19H33N5O3/c1-13-14(2)20-16(18(27)23(6)10-19(3,11-25)12-26)21-17(13)24-8-7-15(9-24)22(4)5/h15,25-26H,7-12H2,1-6H3/t15-/m1/s1. The first-order chi connectivity index (χ1) is 12.6. The molecule has 2 N–H and O–H groups in total. The molecular weight excluding hydrogens is 346 g/mol. The van der Waals surface area contributed by atoms with E-state index in [-0.39, 0.29) is 31.5 Å². The number of amides is 1. The lowest BCUT2D eigenvalue weighted by Crippen LogP contribution is -2.42. The fraction of sp³-hybridized carbons (Fsp3) is 0.737. The van der Waals surface area contributed by atoms with Crippen molar-refractivity contribution in [3.05, 3.63) is 17.1 Å². The zero-order valence-corrected chi connectivity index (χ0v) is 17.4. The molecular formula is C19H33N5O3. The van der Waals surface area contributed by atoms with Crippen LogP contribution >= 0.6 is 0 Å². The van der Waals surface area contributed by atoms with Crippen LogP contribution in [0.2, 0.25) is 0 Å². The van der Waals surface area contributed by atoms with Crippen LogP contribution in [0.1, 0.15) is 35.2 Å². The van der Waals surface area contributed by atoms with Crippen LogP contribution < -0.4 is 4.90 Å². The molecule has 1 amide bonds. The second-order valence-corrected chi connectivity index (χ2v) is 8.22. The highest BCUT2D eigenvalue weighted by Crippen LogP contribution is 2.26. The van der Waals surface area contributed by atoms with Gasteiger partial charge in [-0.25, -0.2) is 9.97 Å². The highest BCUT2D eigenvalue weighted by molar-refractivity contribution is 5.91. The van der Waals surface area contributed by atoms with Crippen molar-refractivity contribution in [2.75, 3.05) is 58.9 Å². The second-order valence-electron chi connectivity index (χ2n) is 8.22. The van der Waals surface area contributed by atoms with Crippen molar-refractivity contribution in [2.45, 2.75) is 33.2 Å². The maximum atomic E-state index is 12.9. The first kappa shape index (κ1) is 21.5. The Bertz CT molecular complexity index is 676. The van der Waals surface area contributed by atoms with Gasteiger partial charge < -0.3 is 24.9 Å². The monoisotopic (exact) mass is 379 g/mol. The normalized spacial score (nSPS) is 17.7. The predicted octanol–water partition coefficient (Wildman–Crippen LogP) is 0.297. The minimum atomic E-state index is -0.763. The van der Waals surface area contributed by atoms with Crippen molar-refractivity contribution in [1.29, 1.82) is 0 Å². The van der Waals surface area contributed by atoms with Crippen LogP contribution in [0.5, 0.6) is 0 Å². The summed E-state index contributed by atoms with van der Waals surface area (Å²) in [6.45, 7) is 7.19. The number of aliphatic hydroxyl groups excluding tert-OH is 2. The molecule has 2 rings (SSSR count). The van der Waals surface area contributed by atoms with E-state index in [0.29, 0.717) is 6.04 Å². The number of aliphatic hydroxyl groups is 2. The molecule has 0 aromatic carbocycles. The maximum absolute atomic E-state index is 12.9. The first-order valence-electron chi connectivity index (χ1n) is 9.35. The van der Waals surface area contributed by atoms with Crippen LogP contribution in [-0.4, -0.2) is 95.9 Å². The predicted molar refractivity (Wildman–Crippen MR) is 105 cm³/mol. The fourth-order valence-corrected chi connectivity index (χ4v) is 3.34. The Hall–Kier alpha value is -1.77. The fourth-order valence-electron chi connectivity index (χ4n) is 3.34. The van der Waals surface area contributed by atoms with Gasteiger partial charge in [-0.05, 0) is 34.4 Å². The van der Waals surface area contributed by atoms with E-state index in [0.717, 1.165) is 36.6 Å². The Balaban J connectivity index is 2.26. The molecule has 1 fully saturated rings. The number of aryl methyl sites for hydroxylation is 1. The molecule has 0 bridgehead atoms. The van der Waals surface area contributed by atoms with E-state index in [1.54, 1.807) is 14.0 Å². The molecule has 0 saturated carbocycles. The Kier molecular flexibility index (Phi) is 6.77. The third kappa shape index (κ3) is 4.75. The van der Waals surface area contributed by atoms with Crippen molar-refractivity contribution < 1.29 is 15.0 Å². The molecule has 0 spiro atoms. The molecule has 0 unspecified atom stereocenters. The van der Waals surface area contributed by atoms with Gasteiger partial charge in [-0.1, -0.05) is 6.92 Å². The van der Waals surface area contributed by atoms with E-state index >= 15 is 0 Å². The average Bonchev–Trinajstić information content (AvgIpc) is 3.13. The van der Waals surface area contributed by atoms with Gasteiger partial charge in [0.05, 0.1) is 13.2 Å². The summed E-state index contributed by atoms with van der Waals surface area (Å²) < 4.78 is 0. The van der Waals surface area contributed by atoms with Gasteiger partial charge in [0.15, 0.2) is 0 Å². The van der Waals surface area contributed by atoms with Gasteiger partial charge >= 0.3 is 0 Å². The third-order valence-electron chi connectivity index (χ3n) is 5.48. The molecule has 0 aliphatic carbocycles. The summed E-state index contributed by atoms with van der Waals surface area (Å²) in [6.07, 6.45) is 1.06. The van der Waals surface area contributed by atoms with E-state index in [4.69, 9.17) is 0 Å². The number of carbonyl (C=O) groups excluding carboxylic acids is 1. The number of anilines is 1. The third-order valence-corrected chi connectivity index (χ3v) is 5.48. The molecule has 1 atom stereocenters. The highest BCUT2D eigenvalue weighted by atomic mass is 16.3. The summed E-state index contributed by atoms with van der Waals surface area (Å²) >= 11 is 0. The lowest BCUT2D eigenvalue weighted by atomic mass is 9.92. The van der Waals surface area contributed by atoms with E-state index < -0.39 is 5.41 Å².